The molecule has 1 aliphatic rings. The van der Waals surface area contributed by atoms with Crippen LogP contribution in [0, 0.1) is 0 Å². The van der Waals surface area contributed by atoms with Crippen molar-refractivity contribution in [1.82, 2.24) is 24.5 Å². The number of likely N-dealkylation sites (N-methyl/N-ethyl adjacent to an activating group) is 1. The zero-order valence-electron chi connectivity index (χ0n) is 17.1. The molecule has 4 aromatic rings. The fraction of sp³-hybridized carbons (Fsp3) is 0.333. The lowest BCUT2D eigenvalue weighted by molar-refractivity contribution is 0.125. The van der Waals surface area contributed by atoms with Crippen LogP contribution in [0.25, 0.3) is 15.9 Å². The fourth-order valence-corrected chi connectivity index (χ4v) is 4.96. The molecule has 4 heterocycles. The number of hydrogen-bond acceptors (Lipinski definition) is 8. The lowest BCUT2D eigenvalue weighted by Gasteiger charge is -2.21. The zero-order valence-corrected chi connectivity index (χ0v) is 17.9. The number of thiophene rings is 1. The number of nitrogens with zero attached hydrogens (tertiary/aromatic N) is 6. The molecule has 0 saturated heterocycles. The molecule has 5 rings (SSSR count). The van der Waals surface area contributed by atoms with E-state index < -0.39 is 0 Å². The molecular formula is C21H22N6O2S. The Morgan fingerprint density at radius 2 is 2.10 bits per heavy atom. The number of ether oxygens (including phenoxy) is 1. The van der Waals surface area contributed by atoms with Gasteiger partial charge in [-0.25, -0.2) is 14.5 Å². The van der Waals surface area contributed by atoms with Gasteiger partial charge in [0.05, 0.1) is 18.2 Å². The van der Waals surface area contributed by atoms with Crippen molar-refractivity contribution in [3.05, 3.63) is 52.4 Å². The van der Waals surface area contributed by atoms with Crippen molar-refractivity contribution >= 4 is 32.9 Å². The van der Waals surface area contributed by atoms with Crippen LogP contribution in [0.15, 0.2) is 35.7 Å². The molecule has 8 nitrogen and oxygen atoms in total. The summed E-state index contributed by atoms with van der Waals surface area (Å²) in [6.45, 7) is 4.11. The molecular weight excluding hydrogens is 400 g/mol. The van der Waals surface area contributed by atoms with Crippen molar-refractivity contribution in [3.8, 4) is 5.75 Å². The summed E-state index contributed by atoms with van der Waals surface area (Å²) < 4.78 is 6.93. The molecule has 0 spiro atoms. The SMILES string of the molecule is COc1ccc(/C(C)=N\OCc2nc3c4c5c(sc4ncn3n2)CN(C)CC5)cc1. The predicted octanol–water partition coefficient (Wildman–Crippen LogP) is 3.28. The minimum atomic E-state index is 0.200. The molecule has 0 aliphatic carbocycles. The van der Waals surface area contributed by atoms with Gasteiger partial charge in [0.15, 0.2) is 18.1 Å². The third-order valence-corrected chi connectivity index (χ3v) is 6.44. The van der Waals surface area contributed by atoms with E-state index in [9.17, 15) is 0 Å². The summed E-state index contributed by atoms with van der Waals surface area (Å²) in [5.74, 6) is 1.40. The van der Waals surface area contributed by atoms with Crippen LogP contribution in [0.1, 0.15) is 28.8 Å². The first-order valence-corrected chi connectivity index (χ1v) is 10.6. The number of oxime groups is 1. The molecule has 9 heteroatoms. The normalized spacial score (nSPS) is 15.0. The molecule has 0 bridgehead atoms. The highest BCUT2D eigenvalue weighted by molar-refractivity contribution is 7.19. The smallest absolute Gasteiger partial charge is 0.192 e. The van der Waals surface area contributed by atoms with Crippen LogP contribution in [-0.2, 0) is 24.4 Å². The Hall–Kier alpha value is -3.04. The summed E-state index contributed by atoms with van der Waals surface area (Å²) in [4.78, 5) is 19.6. The molecule has 0 unspecified atom stereocenters. The van der Waals surface area contributed by atoms with Crippen LogP contribution in [-0.4, -0.2) is 50.9 Å². The van der Waals surface area contributed by atoms with E-state index in [2.05, 4.69) is 27.2 Å². The number of rotatable bonds is 5. The van der Waals surface area contributed by atoms with Gasteiger partial charge in [0, 0.05) is 18.0 Å². The number of hydrogen-bond donors (Lipinski definition) is 0. The molecule has 0 saturated carbocycles. The summed E-state index contributed by atoms with van der Waals surface area (Å²) in [6, 6.07) is 7.69. The second kappa shape index (κ2) is 7.66. The Balaban J connectivity index is 1.38. The summed E-state index contributed by atoms with van der Waals surface area (Å²) in [5.41, 5.74) is 3.96. The number of methoxy groups -OCH3 is 1. The molecule has 0 fully saturated rings. The molecule has 0 amide bonds. The number of aromatic nitrogens is 4. The van der Waals surface area contributed by atoms with E-state index in [1.165, 1.54) is 10.4 Å². The van der Waals surface area contributed by atoms with Gasteiger partial charge in [0.25, 0.3) is 0 Å². The van der Waals surface area contributed by atoms with E-state index in [0.717, 1.165) is 52.4 Å². The highest BCUT2D eigenvalue weighted by Gasteiger charge is 2.22. The number of benzene rings is 1. The first-order chi connectivity index (χ1) is 14.6. The van der Waals surface area contributed by atoms with E-state index in [4.69, 9.17) is 14.6 Å². The van der Waals surface area contributed by atoms with Crippen LogP contribution < -0.4 is 4.74 Å². The average Bonchev–Trinajstić information content (AvgIpc) is 3.33. The van der Waals surface area contributed by atoms with Crippen molar-refractivity contribution in [1.29, 1.82) is 0 Å². The van der Waals surface area contributed by atoms with Crippen LogP contribution in [0.4, 0.5) is 0 Å². The maximum absolute atomic E-state index is 5.54. The maximum atomic E-state index is 5.54. The third-order valence-electron chi connectivity index (χ3n) is 5.32. The number of fused-ring (bicyclic) bond motifs is 5. The topological polar surface area (TPSA) is 77.1 Å². The monoisotopic (exact) mass is 422 g/mol. The average molecular weight is 423 g/mol. The standard InChI is InChI=1S/C21H22N6O2S/c1-13(14-4-6-15(28-3)7-5-14)25-29-11-18-23-20-19-16-8-9-26(2)10-17(16)30-21(19)22-12-27(20)24-18/h4-7,12H,8-11H2,1-3H3/b25-13-. The molecule has 1 aromatic carbocycles. The van der Waals surface area contributed by atoms with E-state index >= 15 is 0 Å². The Morgan fingerprint density at radius 1 is 1.27 bits per heavy atom. The third kappa shape index (κ3) is 3.40. The second-order valence-electron chi connectivity index (χ2n) is 7.39. The Labute approximate surface area is 177 Å². The molecule has 0 atom stereocenters. The van der Waals surface area contributed by atoms with Crippen LogP contribution in [0.3, 0.4) is 0 Å². The van der Waals surface area contributed by atoms with Gasteiger partial charge in [-0.15, -0.1) is 16.4 Å². The largest absolute Gasteiger partial charge is 0.497 e. The van der Waals surface area contributed by atoms with Crippen molar-refractivity contribution in [2.45, 2.75) is 26.5 Å². The molecule has 154 valence electrons. The van der Waals surface area contributed by atoms with E-state index in [1.807, 2.05) is 31.2 Å². The van der Waals surface area contributed by atoms with Gasteiger partial charge in [-0.05, 0) is 55.8 Å². The fourth-order valence-electron chi connectivity index (χ4n) is 3.70. The van der Waals surface area contributed by atoms with Crippen molar-refractivity contribution in [2.24, 2.45) is 5.16 Å². The van der Waals surface area contributed by atoms with Crippen molar-refractivity contribution in [3.63, 3.8) is 0 Å². The van der Waals surface area contributed by atoms with Crippen LogP contribution in [0.2, 0.25) is 0 Å². The molecule has 30 heavy (non-hydrogen) atoms. The molecule has 3 aromatic heterocycles. The Morgan fingerprint density at radius 3 is 2.90 bits per heavy atom. The van der Waals surface area contributed by atoms with Gasteiger partial charge in [-0.2, -0.15) is 0 Å². The molecule has 0 N–H and O–H groups in total. The first-order valence-electron chi connectivity index (χ1n) is 9.76. The minimum absolute atomic E-state index is 0.200. The van der Waals surface area contributed by atoms with Gasteiger partial charge in [0.2, 0.25) is 0 Å². The maximum Gasteiger partial charge on any atom is 0.192 e. The second-order valence-corrected chi connectivity index (χ2v) is 8.47. The molecule has 0 radical (unpaired) electrons. The minimum Gasteiger partial charge on any atom is -0.497 e. The van der Waals surface area contributed by atoms with Gasteiger partial charge in [0.1, 0.15) is 16.9 Å². The predicted molar refractivity (Wildman–Crippen MR) is 116 cm³/mol. The lowest BCUT2D eigenvalue weighted by atomic mass is 10.1. The van der Waals surface area contributed by atoms with Crippen molar-refractivity contribution < 1.29 is 9.57 Å². The van der Waals surface area contributed by atoms with Gasteiger partial charge >= 0.3 is 0 Å². The summed E-state index contributed by atoms with van der Waals surface area (Å²) in [6.07, 6.45) is 2.74. The quantitative estimate of drug-likeness (QED) is 0.363. The van der Waals surface area contributed by atoms with E-state index in [0.29, 0.717) is 5.82 Å². The van der Waals surface area contributed by atoms with Gasteiger partial charge < -0.3 is 14.5 Å². The van der Waals surface area contributed by atoms with Crippen LogP contribution in [0.5, 0.6) is 5.75 Å². The van der Waals surface area contributed by atoms with Gasteiger partial charge in [-0.1, -0.05) is 5.16 Å². The van der Waals surface area contributed by atoms with E-state index in [1.54, 1.807) is 29.3 Å². The Kier molecular flexibility index (Phi) is 4.84. The highest BCUT2D eigenvalue weighted by Crippen LogP contribution is 2.35. The summed E-state index contributed by atoms with van der Waals surface area (Å²) in [5, 5.41) is 9.87. The highest BCUT2D eigenvalue weighted by atomic mass is 32.1. The summed E-state index contributed by atoms with van der Waals surface area (Å²) in [7, 11) is 3.80. The molecule has 1 aliphatic heterocycles. The summed E-state index contributed by atoms with van der Waals surface area (Å²) >= 11 is 1.75. The van der Waals surface area contributed by atoms with Crippen LogP contribution >= 0.6 is 11.3 Å². The zero-order chi connectivity index (χ0) is 20.7. The van der Waals surface area contributed by atoms with E-state index in [-0.39, 0.29) is 6.61 Å². The lowest BCUT2D eigenvalue weighted by Crippen LogP contribution is -2.25. The van der Waals surface area contributed by atoms with Gasteiger partial charge in [-0.3, -0.25) is 0 Å². The Bertz CT molecular complexity index is 1240. The first kappa shape index (κ1) is 19.0. The van der Waals surface area contributed by atoms with Crippen molar-refractivity contribution in [2.75, 3.05) is 20.7 Å².